The highest BCUT2D eigenvalue weighted by Crippen LogP contribution is 2.31. The summed E-state index contributed by atoms with van der Waals surface area (Å²) in [5.74, 6) is -0.301. The molecule has 0 nitrogen and oxygen atoms in total. The van der Waals surface area contributed by atoms with E-state index in [1.165, 1.54) is 63.1 Å². The van der Waals surface area contributed by atoms with Gasteiger partial charge in [0, 0.05) is 10.4 Å². The molecular formula is C16H21BrF2. The minimum atomic E-state index is -0.421. The molecule has 2 rings (SSSR count). The second kappa shape index (κ2) is 7.37. The van der Waals surface area contributed by atoms with Gasteiger partial charge in [-0.15, -0.1) is 0 Å². The molecule has 0 aliphatic heterocycles. The van der Waals surface area contributed by atoms with E-state index in [-0.39, 0.29) is 10.4 Å². The molecule has 0 aromatic heterocycles. The third kappa shape index (κ3) is 4.27. The maximum Gasteiger partial charge on any atom is 0.129 e. The number of hydrogen-bond acceptors (Lipinski definition) is 0. The zero-order chi connectivity index (χ0) is 13.7. The van der Waals surface area contributed by atoms with E-state index in [9.17, 15) is 8.78 Å². The summed E-state index contributed by atoms with van der Waals surface area (Å²) < 4.78 is 27.3. The maximum absolute atomic E-state index is 13.7. The number of halogens is 3. The summed E-state index contributed by atoms with van der Waals surface area (Å²) in [6, 6.07) is 4.11. The summed E-state index contributed by atoms with van der Waals surface area (Å²) in [7, 11) is 0. The zero-order valence-corrected chi connectivity index (χ0v) is 12.8. The lowest BCUT2D eigenvalue weighted by atomic mass is 9.87. The predicted octanol–water partition coefficient (Wildman–Crippen LogP) is 5.63. The summed E-state index contributed by atoms with van der Waals surface area (Å²) in [5.41, 5.74) is 0.228. The Labute approximate surface area is 122 Å². The Hall–Kier alpha value is -0.440. The van der Waals surface area contributed by atoms with E-state index in [1.54, 1.807) is 0 Å². The van der Waals surface area contributed by atoms with Gasteiger partial charge in [0.15, 0.2) is 0 Å². The molecule has 1 unspecified atom stereocenters. The van der Waals surface area contributed by atoms with Crippen LogP contribution in [-0.2, 0) is 6.42 Å². The minimum absolute atomic E-state index is 0.178. The first-order valence-corrected chi connectivity index (χ1v) is 8.17. The lowest BCUT2D eigenvalue weighted by Crippen LogP contribution is -2.19. The molecule has 1 saturated carbocycles. The monoisotopic (exact) mass is 330 g/mol. The highest BCUT2D eigenvalue weighted by Gasteiger charge is 2.22. The molecule has 1 aromatic carbocycles. The van der Waals surface area contributed by atoms with Gasteiger partial charge in [0.05, 0.1) is 0 Å². The summed E-state index contributed by atoms with van der Waals surface area (Å²) in [4.78, 5) is 0.178. The van der Waals surface area contributed by atoms with Gasteiger partial charge < -0.3 is 0 Å². The van der Waals surface area contributed by atoms with Crippen molar-refractivity contribution in [3.63, 3.8) is 0 Å². The van der Waals surface area contributed by atoms with Crippen molar-refractivity contribution in [2.75, 3.05) is 0 Å². The Morgan fingerprint density at radius 2 is 1.53 bits per heavy atom. The fourth-order valence-electron chi connectivity index (χ4n) is 2.94. The highest BCUT2D eigenvalue weighted by atomic mass is 79.9. The van der Waals surface area contributed by atoms with E-state index < -0.39 is 11.6 Å². The number of rotatable bonds is 3. The molecule has 0 amide bonds. The zero-order valence-electron chi connectivity index (χ0n) is 11.2. The van der Waals surface area contributed by atoms with Gasteiger partial charge in [0.2, 0.25) is 0 Å². The topological polar surface area (TPSA) is 0 Å². The average molecular weight is 331 g/mol. The van der Waals surface area contributed by atoms with Gasteiger partial charge in [-0.1, -0.05) is 54.1 Å². The number of benzene rings is 1. The Kier molecular flexibility index (Phi) is 5.80. The molecule has 19 heavy (non-hydrogen) atoms. The summed E-state index contributed by atoms with van der Waals surface area (Å²) in [6.45, 7) is 0. The van der Waals surface area contributed by atoms with Gasteiger partial charge >= 0.3 is 0 Å². The molecule has 0 radical (unpaired) electrons. The first-order chi connectivity index (χ1) is 9.18. The van der Waals surface area contributed by atoms with E-state index in [0.717, 1.165) is 0 Å². The SMILES string of the molecule is Fc1cccc(F)c1CC(Br)C1CCCCCCC1. The molecule has 0 saturated heterocycles. The van der Waals surface area contributed by atoms with Crippen LogP contribution in [-0.4, -0.2) is 4.83 Å². The summed E-state index contributed by atoms with van der Waals surface area (Å²) in [6.07, 6.45) is 9.20. The quantitative estimate of drug-likeness (QED) is 0.630. The molecular weight excluding hydrogens is 310 g/mol. The average Bonchev–Trinajstić information content (AvgIpc) is 2.33. The van der Waals surface area contributed by atoms with E-state index in [4.69, 9.17) is 0 Å². The molecule has 0 spiro atoms. The van der Waals surface area contributed by atoms with Crippen LogP contribution in [0.5, 0.6) is 0 Å². The minimum Gasteiger partial charge on any atom is -0.207 e. The summed E-state index contributed by atoms with van der Waals surface area (Å²) >= 11 is 3.67. The van der Waals surface area contributed by atoms with Crippen molar-refractivity contribution < 1.29 is 8.78 Å². The largest absolute Gasteiger partial charge is 0.207 e. The Balaban J connectivity index is 2.00. The lowest BCUT2D eigenvalue weighted by Gasteiger charge is -2.25. The van der Waals surface area contributed by atoms with Gasteiger partial charge in [-0.2, -0.15) is 0 Å². The number of alkyl halides is 1. The first kappa shape index (κ1) is 15.0. The normalized spacial score (nSPS) is 19.7. The molecule has 106 valence electrons. The molecule has 1 aliphatic rings. The van der Waals surface area contributed by atoms with Crippen LogP contribution >= 0.6 is 15.9 Å². The van der Waals surface area contributed by atoms with Crippen LogP contribution in [0.2, 0.25) is 0 Å². The van der Waals surface area contributed by atoms with E-state index in [0.29, 0.717) is 12.3 Å². The fourth-order valence-corrected chi connectivity index (χ4v) is 3.79. The molecule has 1 aliphatic carbocycles. The van der Waals surface area contributed by atoms with Crippen LogP contribution in [0.3, 0.4) is 0 Å². The van der Waals surface area contributed by atoms with Gasteiger partial charge in [0.25, 0.3) is 0 Å². The van der Waals surface area contributed by atoms with Gasteiger partial charge in [0.1, 0.15) is 11.6 Å². The van der Waals surface area contributed by atoms with Crippen LogP contribution in [0, 0.1) is 17.6 Å². The van der Waals surface area contributed by atoms with Crippen LogP contribution in [0.25, 0.3) is 0 Å². The van der Waals surface area contributed by atoms with Crippen molar-refractivity contribution in [1.29, 1.82) is 0 Å². The third-order valence-corrected chi connectivity index (χ3v) is 5.19. The highest BCUT2D eigenvalue weighted by molar-refractivity contribution is 9.09. The van der Waals surface area contributed by atoms with Crippen molar-refractivity contribution >= 4 is 15.9 Å². The van der Waals surface area contributed by atoms with E-state index in [1.807, 2.05) is 0 Å². The molecule has 0 bridgehead atoms. The standard InChI is InChI=1S/C16H21BrF2/c17-14(12-7-4-2-1-3-5-8-12)11-13-15(18)9-6-10-16(13)19/h6,9-10,12,14H,1-5,7-8,11H2. The Bertz CT molecular complexity index is 377. The molecule has 1 fully saturated rings. The van der Waals surface area contributed by atoms with E-state index >= 15 is 0 Å². The molecule has 1 aromatic rings. The summed E-state index contributed by atoms with van der Waals surface area (Å²) in [5, 5.41) is 0. The van der Waals surface area contributed by atoms with Crippen molar-refractivity contribution in [2.24, 2.45) is 5.92 Å². The van der Waals surface area contributed by atoms with Crippen molar-refractivity contribution in [3.8, 4) is 0 Å². The molecule has 3 heteroatoms. The third-order valence-electron chi connectivity index (χ3n) is 4.12. The second-order valence-corrected chi connectivity index (χ2v) is 6.70. The smallest absolute Gasteiger partial charge is 0.129 e. The van der Waals surface area contributed by atoms with Crippen LogP contribution < -0.4 is 0 Å². The maximum atomic E-state index is 13.7. The second-order valence-electron chi connectivity index (χ2n) is 5.53. The van der Waals surface area contributed by atoms with Crippen LogP contribution in [0.4, 0.5) is 8.78 Å². The molecule has 1 atom stereocenters. The van der Waals surface area contributed by atoms with Crippen LogP contribution in [0.15, 0.2) is 18.2 Å². The van der Waals surface area contributed by atoms with Gasteiger partial charge in [-0.3, -0.25) is 0 Å². The predicted molar refractivity (Wildman–Crippen MR) is 78.6 cm³/mol. The number of hydrogen-bond donors (Lipinski definition) is 0. The molecule has 0 N–H and O–H groups in total. The Morgan fingerprint density at radius 3 is 2.11 bits per heavy atom. The Morgan fingerprint density at radius 1 is 1.00 bits per heavy atom. The van der Waals surface area contributed by atoms with Crippen molar-refractivity contribution in [3.05, 3.63) is 35.4 Å². The lowest BCUT2D eigenvalue weighted by molar-refractivity contribution is 0.367. The van der Waals surface area contributed by atoms with Crippen molar-refractivity contribution in [1.82, 2.24) is 0 Å². The van der Waals surface area contributed by atoms with Gasteiger partial charge in [-0.25, -0.2) is 8.78 Å². The first-order valence-electron chi connectivity index (χ1n) is 7.25. The molecule has 0 heterocycles. The van der Waals surface area contributed by atoms with Crippen LogP contribution in [0.1, 0.15) is 50.5 Å². The van der Waals surface area contributed by atoms with Gasteiger partial charge in [-0.05, 0) is 37.3 Å². The fraction of sp³-hybridized carbons (Fsp3) is 0.625. The van der Waals surface area contributed by atoms with Crippen molar-refractivity contribution in [2.45, 2.75) is 56.2 Å². The van der Waals surface area contributed by atoms with E-state index in [2.05, 4.69) is 15.9 Å².